The van der Waals surface area contributed by atoms with Gasteiger partial charge in [-0.2, -0.15) is 0 Å². The van der Waals surface area contributed by atoms with Gasteiger partial charge in [0.25, 0.3) is 0 Å². The van der Waals surface area contributed by atoms with E-state index in [0.717, 1.165) is 12.2 Å². The molecule has 0 aliphatic carbocycles. The highest BCUT2D eigenvalue weighted by molar-refractivity contribution is 4.79. The Hall–Kier alpha value is -1.46. The van der Waals surface area contributed by atoms with Gasteiger partial charge in [0.05, 0.1) is 0 Å². The van der Waals surface area contributed by atoms with Crippen molar-refractivity contribution in [2.75, 3.05) is 13.1 Å². The van der Waals surface area contributed by atoms with Crippen LogP contribution in [-0.2, 0) is 0 Å². The lowest BCUT2D eigenvalue weighted by Crippen LogP contribution is -1.99. The van der Waals surface area contributed by atoms with E-state index in [1.165, 1.54) is 0 Å². The second kappa shape index (κ2) is 4.42. The molecule has 0 fully saturated rings. The van der Waals surface area contributed by atoms with Crippen molar-refractivity contribution in [3.05, 3.63) is 32.4 Å². The quantitative estimate of drug-likeness (QED) is 0.319. The normalized spacial score (nSPS) is 10.0. The van der Waals surface area contributed by atoms with Crippen LogP contribution in [0, 0.1) is 20.2 Å². The van der Waals surface area contributed by atoms with E-state index in [4.69, 9.17) is 0 Å². The minimum Gasteiger partial charge on any atom is -0.264 e. The molecular weight excluding hydrogens is 140 g/mol. The molecule has 6 heteroatoms. The fourth-order valence-electron chi connectivity index (χ4n) is 0.321. The first-order valence-corrected chi connectivity index (χ1v) is 2.51. The molecule has 0 aliphatic heterocycles. The fourth-order valence-corrected chi connectivity index (χ4v) is 0.321. The molecule has 6 nitrogen and oxygen atoms in total. The summed E-state index contributed by atoms with van der Waals surface area (Å²) in [5, 5.41) is 19.3. The Morgan fingerprint density at radius 3 is 1.50 bits per heavy atom. The zero-order chi connectivity index (χ0) is 7.98. The molecule has 0 rings (SSSR count). The van der Waals surface area contributed by atoms with Crippen molar-refractivity contribution in [1.82, 2.24) is 0 Å². The summed E-state index contributed by atoms with van der Waals surface area (Å²) in [5.41, 5.74) is 0. The molecule has 10 heavy (non-hydrogen) atoms. The van der Waals surface area contributed by atoms with Crippen molar-refractivity contribution in [2.45, 2.75) is 0 Å². The minimum atomic E-state index is -0.559. The molecular formula is C4H6N2O4. The largest absolute Gasteiger partial charge is 0.264 e. The summed E-state index contributed by atoms with van der Waals surface area (Å²) in [6.07, 6.45) is 2.31. The second-order valence-electron chi connectivity index (χ2n) is 1.50. The third-order valence-electron chi connectivity index (χ3n) is 0.676. The monoisotopic (exact) mass is 146 g/mol. The third kappa shape index (κ3) is 6.54. The Morgan fingerprint density at radius 1 is 1.00 bits per heavy atom. The first-order valence-electron chi connectivity index (χ1n) is 2.51. The molecule has 0 amide bonds. The van der Waals surface area contributed by atoms with Gasteiger partial charge in [-0.15, -0.1) is 0 Å². The minimum absolute atomic E-state index is 0.353. The number of rotatable bonds is 4. The molecule has 0 radical (unpaired) electrons. The highest BCUT2D eigenvalue weighted by Gasteiger charge is 1.90. The molecule has 0 aromatic carbocycles. The highest BCUT2D eigenvalue weighted by atomic mass is 16.6. The number of hydrogen-bond acceptors (Lipinski definition) is 4. The van der Waals surface area contributed by atoms with Crippen LogP contribution in [0.25, 0.3) is 0 Å². The molecule has 0 bridgehead atoms. The Morgan fingerprint density at radius 2 is 1.30 bits per heavy atom. The van der Waals surface area contributed by atoms with Gasteiger partial charge in [-0.1, -0.05) is 0 Å². The number of nitro groups is 2. The van der Waals surface area contributed by atoms with E-state index >= 15 is 0 Å². The maximum atomic E-state index is 9.63. The van der Waals surface area contributed by atoms with Gasteiger partial charge in [0.15, 0.2) is 0 Å². The van der Waals surface area contributed by atoms with E-state index in [0.29, 0.717) is 0 Å². The molecule has 56 valence electrons. The molecule has 0 spiro atoms. The summed E-state index contributed by atoms with van der Waals surface area (Å²) in [7, 11) is 0. The average molecular weight is 146 g/mol. The Labute approximate surface area is 56.5 Å². The van der Waals surface area contributed by atoms with Gasteiger partial charge in [0, 0.05) is 9.85 Å². The Kier molecular flexibility index (Phi) is 3.78. The molecule has 0 atom stereocenters. The predicted molar refractivity (Wildman–Crippen MR) is 32.9 cm³/mol. The summed E-state index contributed by atoms with van der Waals surface area (Å²) in [4.78, 5) is 18.1. The Bertz CT molecular complexity index is 147. The third-order valence-corrected chi connectivity index (χ3v) is 0.676. The second-order valence-corrected chi connectivity index (χ2v) is 1.50. The zero-order valence-corrected chi connectivity index (χ0v) is 5.10. The van der Waals surface area contributed by atoms with Gasteiger partial charge in [-0.25, -0.2) is 0 Å². The van der Waals surface area contributed by atoms with Crippen LogP contribution in [0.2, 0.25) is 0 Å². The number of hydrogen-bond donors (Lipinski definition) is 0. The molecule has 0 aromatic rings. The molecule has 0 unspecified atom stereocenters. The van der Waals surface area contributed by atoms with E-state index in [-0.39, 0.29) is 13.1 Å². The molecule has 0 heterocycles. The fraction of sp³-hybridized carbons (Fsp3) is 0.500. The van der Waals surface area contributed by atoms with E-state index in [9.17, 15) is 20.2 Å². The SMILES string of the molecule is O=[N+]([O-])C/C=C/C[N+](=O)[O-]. The predicted octanol–water partition coefficient (Wildman–Crippen LogP) is 0.0960. The first-order chi connectivity index (χ1) is 4.63. The maximum absolute atomic E-state index is 9.63. The van der Waals surface area contributed by atoms with Gasteiger partial charge in [0.1, 0.15) is 0 Å². The summed E-state index contributed by atoms with van der Waals surface area (Å²) in [5.74, 6) is 0. The van der Waals surface area contributed by atoms with E-state index < -0.39 is 9.85 Å². The highest BCUT2D eigenvalue weighted by Crippen LogP contribution is 1.75. The first kappa shape index (κ1) is 8.54. The van der Waals surface area contributed by atoms with Crippen molar-refractivity contribution in [3.8, 4) is 0 Å². The van der Waals surface area contributed by atoms with Crippen LogP contribution in [0.15, 0.2) is 12.2 Å². The van der Waals surface area contributed by atoms with Crippen molar-refractivity contribution in [1.29, 1.82) is 0 Å². The van der Waals surface area contributed by atoms with Gasteiger partial charge in [-0.05, 0) is 12.2 Å². The van der Waals surface area contributed by atoms with Crippen LogP contribution in [0.1, 0.15) is 0 Å². The van der Waals surface area contributed by atoms with Crippen LogP contribution in [0.4, 0.5) is 0 Å². The molecule has 0 aromatic heterocycles. The van der Waals surface area contributed by atoms with Crippen molar-refractivity contribution < 1.29 is 9.85 Å². The molecule has 0 saturated heterocycles. The van der Waals surface area contributed by atoms with Crippen LogP contribution >= 0.6 is 0 Å². The average Bonchev–Trinajstić information content (AvgIpc) is 1.79. The molecule has 0 saturated carbocycles. The standard InChI is InChI=1S/C4H6N2O4/c7-5(8)3-1-2-4-6(9)10/h1-2H,3-4H2/b2-1+. The summed E-state index contributed by atoms with van der Waals surface area (Å²) in [6.45, 7) is -0.707. The summed E-state index contributed by atoms with van der Waals surface area (Å²) < 4.78 is 0. The molecule has 0 aliphatic rings. The van der Waals surface area contributed by atoms with Crippen LogP contribution in [-0.4, -0.2) is 22.9 Å². The van der Waals surface area contributed by atoms with E-state index in [1.54, 1.807) is 0 Å². The molecule has 0 N–H and O–H groups in total. The topological polar surface area (TPSA) is 86.3 Å². The summed E-state index contributed by atoms with van der Waals surface area (Å²) in [6, 6.07) is 0. The van der Waals surface area contributed by atoms with Crippen LogP contribution < -0.4 is 0 Å². The van der Waals surface area contributed by atoms with Crippen molar-refractivity contribution >= 4 is 0 Å². The lowest BCUT2D eigenvalue weighted by molar-refractivity contribution is -0.472. The number of nitrogens with zero attached hydrogens (tertiary/aromatic N) is 2. The van der Waals surface area contributed by atoms with Crippen LogP contribution in [0.5, 0.6) is 0 Å². The van der Waals surface area contributed by atoms with Gasteiger partial charge in [0.2, 0.25) is 13.1 Å². The smallest absolute Gasteiger partial charge is 0.222 e. The van der Waals surface area contributed by atoms with E-state index in [2.05, 4.69) is 0 Å². The lowest BCUT2D eigenvalue weighted by atomic mass is 10.5. The Balaban J connectivity index is 3.38. The van der Waals surface area contributed by atoms with Gasteiger partial charge < -0.3 is 0 Å². The maximum Gasteiger partial charge on any atom is 0.222 e. The lowest BCUT2D eigenvalue weighted by Gasteiger charge is -1.82. The van der Waals surface area contributed by atoms with E-state index in [1.807, 2.05) is 0 Å². The van der Waals surface area contributed by atoms with Gasteiger partial charge >= 0.3 is 0 Å². The van der Waals surface area contributed by atoms with Gasteiger partial charge in [-0.3, -0.25) is 20.2 Å². The van der Waals surface area contributed by atoms with Crippen molar-refractivity contribution in [3.63, 3.8) is 0 Å². The zero-order valence-electron chi connectivity index (χ0n) is 5.10. The van der Waals surface area contributed by atoms with Crippen molar-refractivity contribution in [2.24, 2.45) is 0 Å². The van der Waals surface area contributed by atoms with Crippen LogP contribution in [0.3, 0.4) is 0 Å². The summed E-state index contributed by atoms with van der Waals surface area (Å²) >= 11 is 0.